The van der Waals surface area contributed by atoms with Crippen LogP contribution < -0.4 is 0 Å². The van der Waals surface area contributed by atoms with Gasteiger partial charge in [0, 0.05) is 35.6 Å². The summed E-state index contributed by atoms with van der Waals surface area (Å²) in [5.41, 5.74) is -0.0272. The van der Waals surface area contributed by atoms with Crippen molar-refractivity contribution in [3.63, 3.8) is 0 Å². The monoisotopic (exact) mass is 267 g/mol. The van der Waals surface area contributed by atoms with Gasteiger partial charge < -0.3 is 9.64 Å². The number of carbonyl (C=O) groups is 1. The lowest BCUT2D eigenvalue weighted by Crippen LogP contribution is -2.49. The summed E-state index contributed by atoms with van der Waals surface area (Å²) in [5, 5.41) is -0.758. The number of carbonyl (C=O) groups excluding carboxylic acids is 1. The van der Waals surface area contributed by atoms with Crippen LogP contribution in [0.2, 0.25) is 0 Å². The van der Waals surface area contributed by atoms with Gasteiger partial charge in [-0.2, -0.15) is 0 Å². The van der Waals surface area contributed by atoms with Crippen molar-refractivity contribution in [1.29, 1.82) is 0 Å². The molecule has 0 aromatic carbocycles. The summed E-state index contributed by atoms with van der Waals surface area (Å²) < 4.78 is 27.4. The van der Waals surface area contributed by atoms with E-state index in [0.29, 0.717) is 19.8 Å². The van der Waals surface area contributed by atoms with Crippen molar-refractivity contribution in [3.05, 3.63) is 0 Å². The molecule has 0 saturated carbocycles. The summed E-state index contributed by atoms with van der Waals surface area (Å²) in [6, 6.07) is 0. The number of halogens is 1. The van der Waals surface area contributed by atoms with E-state index in [-0.39, 0.29) is 24.3 Å². The van der Waals surface area contributed by atoms with Crippen LogP contribution >= 0.6 is 10.7 Å². The first-order chi connectivity index (χ1) is 7.30. The Kier molecular flexibility index (Phi) is 2.92. The van der Waals surface area contributed by atoms with Crippen LogP contribution in [0.3, 0.4) is 0 Å². The van der Waals surface area contributed by atoms with Gasteiger partial charge in [0.25, 0.3) is 0 Å². The Hall–Kier alpha value is -0.330. The first kappa shape index (κ1) is 12.1. The minimum absolute atomic E-state index is 0.00275. The molecule has 0 spiro atoms. The zero-order chi connectivity index (χ0) is 12.0. The summed E-state index contributed by atoms with van der Waals surface area (Å²) in [5.74, 6) is -0.137. The highest BCUT2D eigenvalue weighted by Gasteiger charge is 2.42. The third-order valence-electron chi connectivity index (χ3n) is 3.05. The molecule has 5 nitrogen and oxygen atoms in total. The quantitative estimate of drug-likeness (QED) is 0.685. The fourth-order valence-electron chi connectivity index (χ4n) is 2.08. The van der Waals surface area contributed by atoms with Crippen molar-refractivity contribution in [3.8, 4) is 0 Å². The normalized spacial score (nSPS) is 29.2. The molecule has 16 heavy (non-hydrogen) atoms. The number of amides is 1. The van der Waals surface area contributed by atoms with Crippen molar-refractivity contribution in [1.82, 2.24) is 4.90 Å². The molecule has 7 heteroatoms. The third kappa shape index (κ3) is 2.33. The van der Waals surface area contributed by atoms with Crippen LogP contribution in [0.5, 0.6) is 0 Å². The van der Waals surface area contributed by atoms with E-state index >= 15 is 0 Å². The summed E-state index contributed by atoms with van der Waals surface area (Å²) in [7, 11) is 1.62. The van der Waals surface area contributed by atoms with E-state index in [1.165, 1.54) is 0 Å². The van der Waals surface area contributed by atoms with Crippen LogP contribution in [0.25, 0.3) is 0 Å². The van der Waals surface area contributed by atoms with Gasteiger partial charge in [-0.25, -0.2) is 8.42 Å². The number of rotatable bonds is 3. The van der Waals surface area contributed by atoms with E-state index in [2.05, 4.69) is 0 Å². The molecule has 2 saturated heterocycles. The molecule has 2 aliphatic rings. The Morgan fingerprint density at radius 2 is 2.19 bits per heavy atom. The minimum Gasteiger partial charge on any atom is -0.380 e. The number of likely N-dealkylation sites (tertiary alicyclic amines) is 1. The van der Waals surface area contributed by atoms with Gasteiger partial charge in [0.2, 0.25) is 15.0 Å². The molecule has 1 amide bonds. The van der Waals surface area contributed by atoms with E-state index in [1.54, 1.807) is 4.90 Å². The zero-order valence-corrected chi connectivity index (χ0v) is 10.6. The van der Waals surface area contributed by atoms with Crippen LogP contribution in [0, 0.1) is 5.41 Å². The molecule has 0 aliphatic carbocycles. The van der Waals surface area contributed by atoms with Gasteiger partial charge >= 0.3 is 0 Å². The maximum atomic E-state index is 11.6. The third-order valence-corrected chi connectivity index (χ3v) is 4.92. The first-order valence-electron chi connectivity index (χ1n) is 5.09. The summed E-state index contributed by atoms with van der Waals surface area (Å²) in [4.78, 5) is 13.2. The SMILES string of the molecule is CC1(CN2CC(S(=O)(=O)Cl)CC2=O)COC1. The minimum atomic E-state index is -3.63. The van der Waals surface area contributed by atoms with Crippen LogP contribution in [-0.4, -0.2) is 50.8 Å². The highest BCUT2D eigenvalue weighted by Crippen LogP contribution is 2.30. The molecule has 1 unspecified atom stereocenters. The van der Waals surface area contributed by atoms with E-state index in [4.69, 9.17) is 15.4 Å². The maximum absolute atomic E-state index is 11.6. The fourth-order valence-corrected chi connectivity index (χ4v) is 3.14. The molecule has 0 N–H and O–H groups in total. The van der Waals surface area contributed by atoms with Gasteiger partial charge in [-0.05, 0) is 0 Å². The largest absolute Gasteiger partial charge is 0.380 e. The topological polar surface area (TPSA) is 63.7 Å². The maximum Gasteiger partial charge on any atom is 0.237 e. The number of nitrogens with zero attached hydrogens (tertiary/aromatic N) is 1. The molecule has 0 aromatic rings. The highest BCUT2D eigenvalue weighted by molar-refractivity contribution is 8.14. The van der Waals surface area contributed by atoms with Crippen molar-refractivity contribution in [2.45, 2.75) is 18.6 Å². The molecular formula is C9H14ClNO4S. The van der Waals surface area contributed by atoms with Gasteiger partial charge in [-0.15, -0.1) is 0 Å². The van der Waals surface area contributed by atoms with Crippen molar-refractivity contribution in [2.75, 3.05) is 26.3 Å². The number of hydrogen-bond acceptors (Lipinski definition) is 4. The predicted molar refractivity (Wildman–Crippen MR) is 58.7 cm³/mol. The second kappa shape index (κ2) is 3.85. The van der Waals surface area contributed by atoms with Gasteiger partial charge in [-0.1, -0.05) is 6.92 Å². The van der Waals surface area contributed by atoms with Crippen LogP contribution in [0.15, 0.2) is 0 Å². The van der Waals surface area contributed by atoms with Crippen molar-refractivity contribution >= 4 is 25.6 Å². The molecule has 1 atom stereocenters. The van der Waals surface area contributed by atoms with Crippen LogP contribution in [0.1, 0.15) is 13.3 Å². The molecule has 2 fully saturated rings. The van der Waals surface area contributed by atoms with Gasteiger partial charge in [0.15, 0.2) is 0 Å². The average molecular weight is 268 g/mol. The fraction of sp³-hybridized carbons (Fsp3) is 0.889. The molecule has 2 heterocycles. The molecule has 0 radical (unpaired) electrons. The summed E-state index contributed by atoms with van der Waals surface area (Å²) in [6.07, 6.45) is 0.00275. The lowest BCUT2D eigenvalue weighted by atomic mass is 9.88. The number of hydrogen-bond donors (Lipinski definition) is 0. The van der Waals surface area contributed by atoms with Crippen molar-refractivity contribution < 1.29 is 17.9 Å². The first-order valence-corrected chi connectivity index (χ1v) is 7.46. The summed E-state index contributed by atoms with van der Waals surface area (Å²) in [6.45, 7) is 4.02. The van der Waals surface area contributed by atoms with E-state index in [0.717, 1.165) is 0 Å². The Morgan fingerprint density at radius 1 is 1.56 bits per heavy atom. The van der Waals surface area contributed by atoms with Crippen LogP contribution in [0.4, 0.5) is 0 Å². The second-order valence-electron chi connectivity index (χ2n) is 4.88. The van der Waals surface area contributed by atoms with Gasteiger partial charge in [0.1, 0.15) is 5.25 Å². The smallest absolute Gasteiger partial charge is 0.237 e. The Bertz CT molecular complexity index is 404. The molecule has 0 aromatic heterocycles. The Labute approximate surface area is 99.1 Å². The molecular weight excluding hydrogens is 254 g/mol. The lowest BCUT2D eigenvalue weighted by Gasteiger charge is -2.40. The Morgan fingerprint density at radius 3 is 2.56 bits per heavy atom. The molecule has 92 valence electrons. The van der Waals surface area contributed by atoms with Gasteiger partial charge in [-0.3, -0.25) is 4.79 Å². The van der Waals surface area contributed by atoms with E-state index < -0.39 is 14.3 Å². The van der Waals surface area contributed by atoms with Crippen LogP contribution in [-0.2, 0) is 18.6 Å². The molecule has 2 rings (SSSR count). The molecule has 2 aliphatic heterocycles. The lowest BCUT2D eigenvalue weighted by molar-refractivity contribution is -0.140. The van der Waals surface area contributed by atoms with E-state index in [1.807, 2.05) is 6.92 Å². The zero-order valence-electron chi connectivity index (χ0n) is 8.98. The van der Waals surface area contributed by atoms with E-state index in [9.17, 15) is 13.2 Å². The standard InChI is InChI=1S/C9H14ClNO4S/c1-9(5-15-6-9)4-11-3-7(2-8(11)12)16(10,13)14/h7H,2-6H2,1H3. The Balaban J connectivity index is 2.00. The average Bonchev–Trinajstić information content (AvgIpc) is 2.44. The second-order valence-corrected chi connectivity index (χ2v) is 7.79. The highest BCUT2D eigenvalue weighted by atomic mass is 35.7. The summed E-state index contributed by atoms with van der Waals surface area (Å²) >= 11 is 0. The molecule has 0 bridgehead atoms. The number of ether oxygens (including phenoxy) is 1. The van der Waals surface area contributed by atoms with Gasteiger partial charge in [0.05, 0.1) is 13.2 Å². The predicted octanol–water partition coefficient (Wildman–Crippen LogP) is 0.192. The van der Waals surface area contributed by atoms with Crippen molar-refractivity contribution in [2.24, 2.45) is 5.41 Å².